The largest absolute Gasteiger partial charge is 0.444 e. The van der Waals surface area contributed by atoms with E-state index in [9.17, 15) is 14.7 Å². The predicted octanol–water partition coefficient (Wildman–Crippen LogP) is 0.569. The number of aliphatic hydroxyl groups is 1. The standard InChI is InChI=1S/C12H21ClN2O4/c1-12(2,3)19-11(18)15-6-8(7-15)9(16)5-14-10(17)4-13/h8-9,16H,4-7H2,1-3H3,(H,14,17). The number of rotatable bonds is 4. The van der Waals surface area contributed by atoms with E-state index < -0.39 is 11.7 Å². The fraction of sp³-hybridized carbons (Fsp3) is 0.833. The maximum atomic E-state index is 11.7. The molecule has 6 nitrogen and oxygen atoms in total. The zero-order valence-corrected chi connectivity index (χ0v) is 12.2. The van der Waals surface area contributed by atoms with Gasteiger partial charge in [0.2, 0.25) is 5.91 Å². The van der Waals surface area contributed by atoms with E-state index in [-0.39, 0.29) is 30.3 Å². The maximum Gasteiger partial charge on any atom is 0.410 e. The Kier molecular flexibility index (Phi) is 5.43. The molecule has 0 aromatic heterocycles. The van der Waals surface area contributed by atoms with E-state index in [1.165, 1.54) is 4.90 Å². The van der Waals surface area contributed by atoms with Crippen LogP contribution in [0.15, 0.2) is 0 Å². The highest BCUT2D eigenvalue weighted by molar-refractivity contribution is 6.27. The third kappa shape index (κ3) is 5.24. The molecule has 1 aliphatic heterocycles. The monoisotopic (exact) mass is 292 g/mol. The molecule has 0 aromatic carbocycles. The Bertz CT molecular complexity index is 337. The number of carbonyl (C=O) groups is 2. The Labute approximate surface area is 118 Å². The van der Waals surface area contributed by atoms with E-state index in [1.807, 2.05) is 0 Å². The molecule has 0 aromatic rings. The molecule has 0 aliphatic carbocycles. The summed E-state index contributed by atoms with van der Waals surface area (Å²) in [5.41, 5.74) is -0.519. The van der Waals surface area contributed by atoms with Crippen molar-refractivity contribution < 1.29 is 19.4 Å². The zero-order valence-electron chi connectivity index (χ0n) is 11.5. The van der Waals surface area contributed by atoms with Crippen LogP contribution in [0.4, 0.5) is 4.79 Å². The number of amides is 2. The van der Waals surface area contributed by atoms with Gasteiger partial charge in [-0.1, -0.05) is 0 Å². The van der Waals surface area contributed by atoms with Gasteiger partial charge in [-0.25, -0.2) is 4.79 Å². The number of nitrogens with one attached hydrogen (secondary N) is 1. The summed E-state index contributed by atoms with van der Waals surface area (Å²) in [6.45, 7) is 6.44. The highest BCUT2D eigenvalue weighted by Gasteiger charge is 2.37. The first kappa shape index (κ1) is 16.0. The quantitative estimate of drug-likeness (QED) is 0.743. The van der Waals surface area contributed by atoms with Crippen molar-refractivity contribution >= 4 is 23.6 Å². The first-order valence-corrected chi connectivity index (χ1v) is 6.75. The summed E-state index contributed by atoms with van der Waals surface area (Å²) >= 11 is 5.33. The first-order chi connectivity index (χ1) is 8.73. The molecule has 0 spiro atoms. The van der Waals surface area contributed by atoms with Crippen LogP contribution in [0.5, 0.6) is 0 Å². The second kappa shape index (κ2) is 6.43. The molecule has 2 amide bonds. The van der Waals surface area contributed by atoms with Crippen LogP contribution in [0, 0.1) is 5.92 Å². The molecule has 0 radical (unpaired) electrons. The summed E-state index contributed by atoms with van der Waals surface area (Å²) in [4.78, 5) is 24.1. The Hall–Kier alpha value is -1.01. The third-order valence-corrected chi connectivity index (χ3v) is 2.98. The van der Waals surface area contributed by atoms with Crippen LogP contribution in [-0.4, -0.2) is 59.2 Å². The van der Waals surface area contributed by atoms with Crippen LogP contribution < -0.4 is 5.32 Å². The van der Waals surface area contributed by atoms with Crippen molar-refractivity contribution in [3.05, 3.63) is 0 Å². The van der Waals surface area contributed by atoms with Crippen molar-refractivity contribution in [2.75, 3.05) is 25.5 Å². The second-order valence-corrected chi connectivity index (χ2v) is 5.92. The average Bonchev–Trinajstić information content (AvgIpc) is 2.21. The van der Waals surface area contributed by atoms with Crippen molar-refractivity contribution in [2.24, 2.45) is 5.92 Å². The average molecular weight is 293 g/mol. The van der Waals surface area contributed by atoms with E-state index in [0.717, 1.165) is 0 Å². The lowest BCUT2D eigenvalue weighted by molar-refractivity contribution is -0.119. The van der Waals surface area contributed by atoms with Gasteiger partial charge in [-0.15, -0.1) is 11.6 Å². The third-order valence-electron chi connectivity index (χ3n) is 2.74. The lowest BCUT2D eigenvalue weighted by Crippen LogP contribution is -2.57. The van der Waals surface area contributed by atoms with Gasteiger partial charge in [0, 0.05) is 25.6 Å². The van der Waals surface area contributed by atoms with Crippen molar-refractivity contribution in [1.82, 2.24) is 10.2 Å². The minimum Gasteiger partial charge on any atom is -0.444 e. The number of hydrogen-bond acceptors (Lipinski definition) is 4. The number of aliphatic hydroxyl groups excluding tert-OH is 1. The van der Waals surface area contributed by atoms with E-state index >= 15 is 0 Å². The molecule has 110 valence electrons. The van der Waals surface area contributed by atoms with Gasteiger partial charge in [0.15, 0.2) is 0 Å². The fourth-order valence-corrected chi connectivity index (χ4v) is 1.76. The number of halogens is 1. The molecule has 1 heterocycles. The molecular formula is C12H21ClN2O4. The zero-order chi connectivity index (χ0) is 14.6. The number of carbonyl (C=O) groups excluding carboxylic acids is 2. The van der Waals surface area contributed by atoms with Gasteiger partial charge in [-0.3, -0.25) is 4.79 Å². The summed E-state index contributed by atoms with van der Waals surface area (Å²) in [6.07, 6.45) is -1.05. The molecule has 0 saturated carbocycles. The number of hydrogen-bond donors (Lipinski definition) is 2. The Morgan fingerprint density at radius 2 is 2.05 bits per heavy atom. The lowest BCUT2D eigenvalue weighted by atomic mass is 9.94. The molecule has 7 heteroatoms. The summed E-state index contributed by atoms with van der Waals surface area (Å²) in [6, 6.07) is 0. The van der Waals surface area contributed by atoms with Gasteiger partial charge >= 0.3 is 6.09 Å². The van der Waals surface area contributed by atoms with Crippen LogP contribution in [0.2, 0.25) is 0 Å². The van der Waals surface area contributed by atoms with Crippen LogP contribution in [0.25, 0.3) is 0 Å². The van der Waals surface area contributed by atoms with Crippen LogP contribution in [0.3, 0.4) is 0 Å². The van der Waals surface area contributed by atoms with Gasteiger partial charge in [0.25, 0.3) is 0 Å². The number of alkyl halides is 1. The van der Waals surface area contributed by atoms with Crippen molar-refractivity contribution in [3.63, 3.8) is 0 Å². The van der Waals surface area contributed by atoms with Gasteiger partial charge in [0.05, 0.1) is 6.10 Å². The normalized spacial score (nSPS) is 17.6. The Morgan fingerprint density at radius 1 is 1.47 bits per heavy atom. The van der Waals surface area contributed by atoms with Crippen molar-refractivity contribution in [3.8, 4) is 0 Å². The number of ether oxygens (including phenoxy) is 1. The summed E-state index contributed by atoms with van der Waals surface area (Å²) < 4.78 is 5.20. The Morgan fingerprint density at radius 3 is 2.53 bits per heavy atom. The lowest BCUT2D eigenvalue weighted by Gasteiger charge is -2.41. The molecule has 1 saturated heterocycles. The molecule has 19 heavy (non-hydrogen) atoms. The minimum atomic E-state index is -0.675. The summed E-state index contributed by atoms with van der Waals surface area (Å²) in [5.74, 6) is -0.478. The smallest absolute Gasteiger partial charge is 0.410 e. The molecule has 1 atom stereocenters. The van der Waals surface area contributed by atoms with Gasteiger partial charge in [-0.2, -0.15) is 0 Å². The van der Waals surface area contributed by atoms with Gasteiger partial charge < -0.3 is 20.1 Å². The Balaban J connectivity index is 2.25. The number of nitrogens with zero attached hydrogens (tertiary/aromatic N) is 1. The molecule has 1 unspecified atom stereocenters. The maximum absolute atomic E-state index is 11.7. The highest BCUT2D eigenvalue weighted by Crippen LogP contribution is 2.21. The first-order valence-electron chi connectivity index (χ1n) is 6.21. The van der Waals surface area contributed by atoms with E-state index in [1.54, 1.807) is 20.8 Å². The SMILES string of the molecule is CC(C)(C)OC(=O)N1CC(C(O)CNC(=O)CCl)C1. The molecule has 0 bridgehead atoms. The second-order valence-electron chi connectivity index (χ2n) is 5.65. The molecule has 1 rings (SSSR count). The van der Waals surface area contributed by atoms with Crippen LogP contribution in [0.1, 0.15) is 20.8 Å². The van der Waals surface area contributed by atoms with Crippen LogP contribution >= 0.6 is 11.6 Å². The number of likely N-dealkylation sites (tertiary alicyclic amines) is 1. The highest BCUT2D eigenvalue weighted by atomic mass is 35.5. The van der Waals surface area contributed by atoms with Crippen molar-refractivity contribution in [1.29, 1.82) is 0 Å². The molecular weight excluding hydrogens is 272 g/mol. The van der Waals surface area contributed by atoms with E-state index in [4.69, 9.17) is 16.3 Å². The van der Waals surface area contributed by atoms with Crippen LogP contribution in [-0.2, 0) is 9.53 Å². The topological polar surface area (TPSA) is 78.9 Å². The summed E-state index contributed by atoms with van der Waals surface area (Å²) in [7, 11) is 0. The molecule has 1 fully saturated rings. The predicted molar refractivity (Wildman–Crippen MR) is 71.0 cm³/mol. The fourth-order valence-electron chi connectivity index (χ4n) is 1.66. The molecule has 2 N–H and O–H groups in total. The summed E-state index contributed by atoms with van der Waals surface area (Å²) in [5, 5.41) is 12.3. The van der Waals surface area contributed by atoms with Gasteiger partial charge in [-0.05, 0) is 20.8 Å². The van der Waals surface area contributed by atoms with E-state index in [2.05, 4.69) is 5.32 Å². The van der Waals surface area contributed by atoms with Crippen molar-refractivity contribution in [2.45, 2.75) is 32.5 Å². The van der Waals surface area contributed by atoms with E-state index in [0.29, 0.717) is 13.1 Å². The molecule has 1 aliphatic rings. The minimum absolute atomic E-state index is 0.0388. The van der Waals surface area contributed by atoms with Gasteiger partial charge in [0.1, 0.15) is 11.5 Å².